The minimum absolute atomic E-state index is 0.540. The molecule has 5 aromatic carbocycles. The van der Waals surface area contributed by atoms with Gasteiger partial charge >= 0.3 is 0 Å². The van der Waals surface area contributed by atoms with Gasteiger partial charge in [-0.1, -0.05) is 66.7 Å². The molecule has 0 aliphatic carbocycles. The van der Waals surface area contributed by atoms with Gasteiger partial charge in [0.2, 0.25) is 5.88 Å². The molecule has 0 N–H and O–H groups in total. The molecule has 1 aliphatic rings. The van der Waals surface area contributed by atoms with E-state index in [1.54, 1.807) is 0 Å². The molecule has 0 bridgehead atoms. The Bertz CT molecular complexity index is 2670. The maximum absolute atomic E-state index is 6.48. The van der Waals surface area contributed by atoms with E-state index in [0.717, 1.165) is 56.7 Å². The number of hydrogen-bond donors (Lipinski definition) is 0. The summed E-state index contributed by atoms with van der Waals surface area (Å²) < 4.78 is 11.0. The smallest absolute Gasteiger partial charge is 0.221 e. The van der Waals surface area contributed by atoms with Crippen LogP contribution in [0.4, 0.5) is 17.1 Å². The topological polar surface area (TPSA) is 51.4 Å². The van der Waals surface area contributed by atoms with E-state index in [1.807, 2.05) is 30.6 Å². The maximum atomic E-state index is 6.48. The molecule has 9 aromatic rings. The van der Waals surface area contributed by atoms with Crippen LogP contribution in [0.15, 0.2) is 152 Å². The fourth-order valence-electron chi connectivity index (χ4n) is 7.47. The van der Waals surface area contributed by atoms with Gasteiger partial charge in [-0.15, -0.1) is 0 Å². The van der Waals surface area contributed by atoms with E-state index in [0.29, 0.717) is 11.6 Å². The quantitative estimate of drug-likeness (QED) is 0.189. The van der Waals surface area contributed by atoms with E-state index >= 15 is 0 Å². The summed E-state index contributed by atoms with van der Waals surface area (Å²) in [4.78, 5) is 14.0. The van der Waals surface area contributed by atoms with Crippen molar-refractivity contribution in [3.63, 3.8) is 0 Å². The van der Waals surface area contributed by atoms with Crippen molar-refractivity contribution in [1.29, 1.82) is 0 Å². The molecule has 0 radical (unpaired) electrons. The van der Waals surface area contributed by atoms with Crippen LogP contribution in [0.25, 0.3) is 55.1 Å². The number of aromatic nitrogens is 4. The molecule has 5 heterocycles. The minimum Gasteiger partial charge on any atom is -0.439 e. The summed E-state index contributed by atoms with van der Waals surface area (Å²) in [7, 11) is 2.11. The summed E-state index contributed by atoms with van der Waals surface area (Å²) in [6.07, 6.45) is 3.71. The molecule has 7 heteroatoms. The van der Waals surface area contributed by atoms with Crippen molar-refractivity contribution in [2.45, 2.75) is 0 Å². The Morgan fingerprint density at radius 1 is 0.510 bits per heavy atom. The first-order valence-corrected chi connectivity index (χ1v) is 16.4. The van der Waals surface area contributed by atoms with Crippen molar-refractivity contribution in [3.8, 4) is 23.1 Å². The van der Waals surface area contributed by atoms with Gasteiger partial charge in [0.1, 0.15) is 11.6 Å². The van der Waals surface area contributed by atoms with Gasteiger partial charge in [0.15, 0.2) is 0 Å². The third-order valence-corrected chi connectivity index (χ3v) is 9.63. The molecule has 0 amide bonds. The fourth-order valence-corrected chi connectivity index (χ4v) is 7.47. The maximum Gasteiger partial charge on any atom is 0.221 e. The molecular formula is C42H30N6O. The van der Waals surface area contributed by atoms with E-state index < -0.39 is 0 Å². The number of ether oxygens (including phenoxy) is 1. The van der Waals surface area contributed by atoms with Crippen LogP contribution in [0.5, 0.6) is 11.6 Å². The van der Waals surface area contributed by atoms with Crippen molar-refractivity contribution in [2.24, 2.45) is 0 Å². The average molecular weight is 635 g/mol. The molecular weight excluding hydrogens is 605 g/mol. The normalized spacial score (nSPS) is 12.8. The molecule has 7 nitrogen and oxygen atoms in total. The van der Waals surface area contributed by atoms with E-state index in [4.69, 9.17) is 9.72 Å². The van der Waals surface area contributed by atoms with Gasteiger partial charge in [0.05, 0.1) is 45.8 Å². The highest BCUT2D eigenvalue weighted by atomic mass is 16.5. The largest absolute Gasteiger partial charge is 0.439 e. The summed E-state index contributed by atoms with van der Waals surface area (Å²) in [6, 6.07) is 48.6. The molecule has 0 saturated carbocycles. The van der Waals surface area contributed by atoms with Gasteiger partial charge in [0, 0.05) is 64.9 Å². The van der Waals surface area contributed by atoms with E-state index in [9.17, 15) is 0 Å². The Kier molecular flexibility index (Phi) is 6.02. The highest BCUT2D eigenvalue weighted by molar-refractivity contribution is 6.10. The van der Waals surface area contributed by atoms with Gasteiger partial charge in [-0.05, 0) is 54.6 Å². The third kappa shape index (κ3) is 4.29. The lowest BCUT2D eigenvalue weighted by Gasteiger charge is -2.20. The molecule has 0 atom stereocenters. The first-order valence-electron chi connectivity index (χ1n) is 16.4. The second-order valence-corrected chi connectivity index (χ2v) is 12.5. The predicted molar refractivity (Wildman–Crippen MR) is 199 cm³/mol. The number of pyridine rings is 2. The molecule has 0 saturated heterocycles. The number of rotatable bonds is 5. The summed E-state index contributed by atoms with van der Waals surface area (Å²) in [6.45, 7) is 0.759. The highest BCUT2D eigenvalue weighted by Gasteiger charge is 2.24. The van der Waals surface area contributed by atoms with Gasteiger partial charge in [-0.25, -0.2) is 9.97 Å². The van der Waals surface area contributed by atoms with Crippen molar-refractivity contribution < 1.29 is 4.74 Å². The minimum atomic E-state index is 0.540. The Labute approximate surface area is 282 Å². The first-order chi connectivity index (χ1) is 24.2. The van der Waals surface area contributed by atoms with Crippen molar-refractivity contribution in [2.75, 3.05) is 23.5 Å². The fraction of sp³-hybridized carbons (Fsp3) is 0.0476. The predicted octanol–water partition coefficient (Wildman–Crippen LogP) is 10.0. The first kappa shape index (κ1) is 27.5. The van der Waals surface area contributed by atoms with Gasteiger partial charge < -0.3 is 19.1 Å². The average Bonchev–Trinajstić information content (AvgIpc) is 3.79. The van der Waals surface area contributed by atoms with Crippen LogP contribution in [0, 0.1) is 0 Å². The molecule has 10 rings (SSSR count). The molecule has 1 aliphatic heterocycles. The Morgan fingerprint density at radius 3 is 1.84 bits per heavy atom. The van der Waals surface area contributed by atoms with E-state index in [-0.39, 0.29) is 0 Å². The number of fused-ring (bicyclic) bond motifs is 7. The number of hydrogen-bond acceptors (Lipinski definition) is 5. The number of para-hydroxylation sites is 5. The Hall–Kier alpha value is -6.60. The summed E-state index contributed by atoms with van der Waals surface area (Å²) >= 11 is 0. The lowest BCUT2D eigenvalue weighted by molar-refractivity contribution is 0.463. The molecule has 4 aromatic heterocycles. The molecule has 0 spiro atoms. The molecule has 0 unspecified atom stereocenters. The molecule has 0 fully saturated rings. The van der Waals surface area contributed by atoms with Gasteiger partial charge in [-0.3, -0.25) is 4.57 Å². The van der Waals surface area contributed by atoms with Gasteiger partial charge in [-0.2, -0.15) is 0 Å². The lowest BCUT2D eigenvalue weighted by atomic mass is 10.1. The van der Waals surface area contributed by atoms with Gasteiger partial charge in [0.25, 0.3) is 0 Å². The number of anilines is 3. The lowest BCUT2D eigenvalue weighted by Crippen LogP contribution is -2.23. The zero-order valence-corrected chi connectivity index (χ0v) is 26.7. The highest BCUT2D eigenvalue weighted by Crippen LogP contribution is 2.41. The van der Waals surface area contributed by atoms with Crippen LogP contribution >= 0.6 is 0 Å². The summed E-state index contributed by atoms with van der Waals surface area (Å²) in [5.74, 6) is 2.08. The van der Waals surface area contributed by atoms with Crippen molar-refractivity contribution in [3.05, 3.63) is 152 Å². The van der Waals surface area contributed by atoms with Crippen molar-refractivity contribution in [1.82, 2.24) is 19.1 Å². The van der Waals surface area contributed by atoms with Crippen LogP contribution in [0.3, 0.4) is 0 Å². The number of benzene rings is 5. The van der Waals surface area contributed by atoms with Crippen molar-refractivity contribution >= 4 is 60.7 Å². The number of nitrogens with zero attached hydrogens (tertiary/aromatic N) is 6. The standard InChI is InChI=1S/C42H30N6O/c1-45-27-46(39-17-9-8-16-38(39)45)28-20-23-44-42(25-28)49-30-18-19-34-33-12-4-7-15-37(33)48(40(34)26-30)41-24-29(21-22-43-41)47-35-13-5-2-10-31(35)32-11-3-6-14-36(32)47/h2-26H,27H2,1H3. The second kappa shape index (κ2) is 10.7. The molecule has 49 heavy (non-hydrogen) atoms. The van der Waals surface area contributed by atoms with Crippen LogP contribution < -0.4 is 14.5 Å². The SMILES string of the molecule is CN1CN(c2ccnc(Oc3ccc4c5ccccc5n(-c5cc(-n6c7ccccc7c7ccccc76)ccn5)c4c3)c2)c2ccccc21. The van der Waals surface area contributed by atoms with Crippen LogP contribution in [0.1, 0.15) is 0 Å². The van der Waals surface area contributed by atoms with E-state index in [1.165, 1.54) is 22.1 Å². The Balaban J connectivity index is 1.08. The monoisotopic (exact) mass is 634 g/mol. The van der Waals surface area contributed by atoms with Crippen LogP contribution in [0.2, 0.25) is 0 Å². The van der Waals surface area contributed by atoms with E-state index in [2.05, 4.69) is 152 Å². The van der Waals surface area contributed by atoms with Crippen LogP contribution in [-0.2, 0) is 0 Å². The van der Waals surface area contributed by atoms with Crippen LogP contribution in [-0.4, -0.2) is 32.8 Å². The zero-order chi connectivity index (χ0) is 32.5. The third-order valence-electron chi connectivity index (χ3n) is 9.63. The second-order valence-electron chi connectivity index (χ2n) is 12.5. The molecule has 234 valence electrons. The summed E-state index contributed by atoms with van der Waals surface area (Å²) in [5.41, 5.74) is 8.88. The Morgan fingerprint density at radius 2 is 1.10 bits per heavy atom. The summed E-state index contributed by atoms with van der Waals surface area (Å²) in [5, 5.41) is 4.75. The zero-order valence-electron chi connectivity index (χ0n) is 26.7.